The lowest BCUT2D eigenvalue weighted by Crippen LogP contribution is -2.35. The average molecular weight is 496 g/mol. The molecule has 2 atom stereocenters. The molecule has 2 aromatic rings. The number of nitrogens with one attached hydrogen (secondary N) is 1. The first-order chi connectivity index (χ1) is 16.2. The maximum absolute atomic E-state index is 13.3. The monoisotopic (exact) mass is 495 g/mol. The topological polar surface area (TPSA) is 63.6 Å². The van der Waals surface area contributed by atoms with Crippen molar-refractivity contribution in [3.8, 4) is 0 Å². The number of nitrogens with zero attached hydrogens (tertiary/aromatic N) is 2. The Hall–Kier alpha value is -2.46. The van der Waals surface area contributed by atoms with Gasteiger partial charge in [0, 0.05) is 24.0 Å². The fraction of sp³-hybridized carbons (Fsp3) is 0.500. The minimum Gasteiger partial charge on any atom is -0.373 e. The van der Waals surface area contributed by atoms with Crippen molar-refractivity contribution in [2.75, 3.05) is 13.2 Å². The van der Waals surface area contributed by atoms with Gasteiger partial charge in [0.2, 0.25) is 0 Å². The van der Waals surface area contributed by atoms with Gasteiger partial charge in [0.15, 0.2) is 0 Å². The lowest BCUT2D eigenvalue weighted by atomic mass is 10.0. The quantitative estimate of drug-likeness (QED) is 0.564. The molecule has 2 aliphatic rings. The van der Waals surface area contributed by atoms with Crippen LogP contribution < -0.4 is 5.32 Å². The third-order valence-corrected chi connectivity index (χ3v) is 7.15. The van der Waals surface area contributed by atoms with Crippen molar-refractivity contribution in [2.45, 2.75) is 68.7 Å². The van der Waals surface area contributed by atoms with Gasteiger partial charge in [-0.3, -0.25) is 9.59 Å². The highest BCUT2D eigenvalue weighted by atomic mass is 32.2. The number of rotatable bonds is 6. The normalized spacial score (nSPS) is 19.1. The summed E-state index contributed by atoms with van der Waals surface area (Å²) < 4.78 is 45.3. The van der Waals surface area contributed by atoms with Gasteiger partial charge in [-0.2, -0.15) is 13.2 Å². The number of fused-ring (bicyclic) bond motifs is 1. The molecule has 0 spiro atoms. The summed E-state index contributed by atoms with van der Waals surface area (Å²) in [7, 11) is 0. The first-order valence-corrected chi connectivity index (χ1v) is 12.3. The van der Waals surface area contributed by atoms with E-state index in [0.717, 1.165) is 12.8 Å². The van der Waals surface area contributed by atoms with Gasteiger partial charge in [-0.15, -0.1) is 0 Å². The molecule has 3 heterocycles. The summed E-state index contributed by atoms with van der Waals surface area (Å²) in [6.07, 6.45) is 2.49. The number of thioether (sulfide) groups is 1. The average Bonchev–Trinajstić information content (AvgIpc) is 3.40. The predicted octanol–water partition coefficient (Wildman–Crippen LogP) is 5.14. The van der Waals surface area contributed by atoms with Gasteiger partial charge in [-0.05, 0) is 61.7 Å². The van der Waals surface area contributed by atoms with Crippen LogP contribution in [0.2, 0.25) is 0 Å². The van der Waals surface area contributed by atoms with E-state index >= 15 is 0 Å². The van der Waals surface area contributed by atoms with Crippen LogP contribution in [-0.2, 0) is 17.9 Å². The van der Waals surface area contributed by atoms with Crippen molar-refractivity contribution in [1.82, 2.24) is 14.8 Å². The summed E-state index contributed by atoms with van der Waals surface area (Å²) in [5.41, 5.74) is -2.06. The molecule has 2 aliphatic heterocycles. The molecule has 0 unspecified atom stereocenters. The molecule has 184 valence electrons. The fourth-order valence-electron chi connectivity index (χ4n) is 4.64. The van der Waals surface area contributed by atoms with Gasteiger partial charge in [0.1, 0.15) is 5.69 Å². The molecule has 1 N–H and O–H groups in total. The number of ether oxygens (including phenoxy) is 1. The highest BCUT2D eigenvalue weighted by Gasteiger charge is 2.33. The Morgan fingerprint density at radius 2 is 1.97 bits per heavy atom. The van der Waals surface area contributed by atoms with Crippen LogP contribution >= 0.6 is 11.8 Å². The molecule has 0 saturated carbocycles. The van der Waals surface area contributed by atoms with Gasteiger partial charge >= 0.3 is 5.51 Å². The minimum absolute atomic E-state index is 0.0722. The van der Waals surface area contributed by atoms with E-state index in [-0.39, 0.29) is 47.2 Å². The summed E-state index contributed by atoms with van der Waals surface area (Å²) in [6.45, 7) is 5.85. The highest BCUT2D eigenvalue weighted by Crippen LogP contribution is 2.37. The molecule has 1 saturated heterocycles. The van der Waals surface area contributed by atoms with E-state index in [2.05, 4.69) is 5.32 Å². The van der Waals surface area contributed by atoms with Crippen LogP contribution in [0.3, 0.4) is 0 Å². The van der Waals surface area contributed by atoms with Crippen molar-refractivity contribution >= 4 is 23.6 Å². The van der Waals surface area contributed by atoms with E-state index < -0.39 is 5.51 Å². The largest absolute Gasteiger partial charge is 0.446 e. The molecule has 34 heavy (non-hydrogen) atoms. The molecule has 0 aliphatic carbocycles. The van der Waals surface area contributed by atoms with Gasteiger partial charge in [-0.1, -0.05) is 19.1 Å². The summed E-state index contributed by atoms with van der Waals surface area (Å²) in [5, 5.41) is 2.99. The molecule has 1 fully saturated rings. The molecule has 1 aromatic carbocycles. The molecule has 0 bridgehead atoms. The van der Waals surface area contributed by atoms with Crippen molar-refractivity contribution in [1.29, 1.82) is 0 Å². The Morgan fingerprint density at radius 3 is 2.59 bits per heavy atom. The summed E-state index contributed by atoms with van der Waals surface area (Å²) in [6, 6.07) is 7.46. The molecule has 6 nitrogen and oxygen atoms in total. The molecular weight excluding hydrogens is 467 g/mol. The molecule has 2 amide bonds. The zero-order chi connectivity index (χ0) is 24.5. The van der Waals surface area contributed by atoms with Crippen LogP contribution in [0.15, 0.2) is 35.2 Å². The zero-order valence-corrected chi connectivity index (χ0v) is 20.0. The number of hydrogen-bond acceptors (Lipinski definition) is 4. The number of carbonyl (C=O) groups excluding carboxylic acids is 2. The van der Waals surface area contributed by atoms with Gasteiger partial charge in [0.05, 0.1) is 30.5 Å². The molecule has 0 radical (unpaired) electrons. The number of aromatic nitrogens is 1. The predicted molar refractivity (Wildman–Crippen MR) is 123 cm³/mol. The van der Waals surface area contributed by atoms with Crippen LogP contribution in [0, 0.1) is 0 Å². The number of halogens is 3. The highest BCUT2D eigenvalue weighted by molar-refractivity contribution is 8.00. The lowest BCUT2D eigenvalue weighted by Gasteiger charge is -2.24. The number of likely N-dealkylation sites (tertiary alicyclic amines) is 1. The first kappa shape index (κ1) is 24.7. The second-order valence-corrected chi connectivity index (χ2v) is 9.77. The van der Waals surface area contributed by atoms with E-state index in [1.807, 2.05) is 23.3 Å². The summed E-state index contributed by atoms with van der Waals surface area (Å²) in [5.74, 6) is -0.402. The number of hydrogen-bond donors (Lipinski definition) is 1. The standard InChI is InChI=1S/C24H28F3N3O3S/c1-3-19(16-6-8-17(9-7-16)34-24(25,26)27)28-22(31)18-13-20(30-11-12-33-14-21(18)30)23(32)29-10-4-5-15(29)2/h6-9,13,15,19H,3-5,10-12,14H2,1-2H3,(H,28,31)/t15-,19+/m0/s1. The van der Waals surface area contributed by atoms with Gasteiger partial charge in [0.25, 0.3) is 11.8 Å². The lowest BCUT2D eigenvalue weighted by molar-refractivity contribution is -0.0328. The Bertz CT molecular complexity index is 1050. The third kappa shape index (κ3) is 5.27. The van der Waals surface area contributed by atoms with E-state index in [1.165, 1.54) is 12.1 Å². The van der Waals surface area contributed by atoms with E-state index in [1.54, 1.807) is 18.2 Å². The Labute approximate surface area is 200 Å². The molecule has 10 heteroatoms. The van der Waals surface area contributed by atoms with Crippen molar-refractivity contribution in [2.24, 2.45) is 0 Å². The smallest absolute Gasteiger partial charge is 0.373 e. The van der Waals surface area contributed by atoms with Gasteiger partial charge < -0.3 is 19.5 Å². The number of carbonyl (C=O) groups is 2. The van der Waals surface area contributed by atoms with Crippen LogP contribution in [0.5, 0.6) is 0 Å². The molecule has 4 rings (SSSR count). The van der Waals surface area contributed by atoms with E-state index in [9.17, 15) is 22.8 Å². The molecule has 1 aromatic heterocycles. The summed E-state index contributed by atoms with van der Waals surface area (Å²) in [4.78, 5) is 28.5. The van der Waals surface area contributed by atoms with Crippen molar-refractivity contribution < 1.29 is 27.5 Å². The second kappa shape index (κ2) is 10.0. The van der Waals surface area contributed by atoms with Crippen molar-refractivity contribution in [3.05, 3.63) is 52.8 Å². The van der Waals surface area contributed by atoms with E-state index in [4.69, 9.17) is 4.74 Å². The molecular formula is C24H28F3N3O3S. The van der Waals surface area contributed by atoms with E-state index in [0.29, 0.717) is 48.6 Å². The maximum atomic E-state index is 13.3. The Balaban J connectivity index is 1.55. The number of alkyl halides is 3. The third-order valence-electron chi connectivity index (χ3n) is 6.41. The fourth-order valence-corrected chi connectivity index (χ4v) is 5.18. The zero-order valence-electron chi connectivity index (χ0n) is 19.2. The number of amides is 2. The minimum atomic E-state index is -4.35. The SMILES string of the molecule is CC[C@@H](NC(=O)c1cc(C(=O)N2CCC[C@@H]2C)n2c1COCC2)c1ccc(SC(F)(F)F)cc1. The summed E-state index contributed by atoms with van der Waals surface area (Å²) >= 11 is -0.169. The maximum Gasteiger partial charge on any atom is 0.446 e. The van der Waals surface area contributed by atoms with Crippen LogP contribution in [0.4, 0.5) is 13.2 Å². The first-order valence-electron chi connectivity index (χ1n) is 11.5. The second-order valence-electron chi connectivity index (χ2n) is 8.64. The van der Waals surface area contributed by atoms with Crippen LogP contribution in [0.1, 0.15) is 71.3 Å². The Morgan fingerprint density at radius 1 is 1.24 bits per heavy atom. The van der Waals surface area contributed by atoms with Gasteiger partial charge in [-0.25, -0.2) is 0 Å². The van der Waals surface area contributed by atoms with Crippen LogP contribution in [-0.4, -0.2) is 46.0 Å². The Kier molecular flexibility index (Phi) is 7.28. The number of benzene rings is 1. The van der Waals surface area contributed by atoms with Crippen molar-refractivity contribution in [3.63, 3.8) is 0 Å². The van der Waals surface area contributed by atoms with Crippen LogP contribution in [0.25, 0.3) is 0 Å².